The fraction of sp³-hybridized carbons (Fsp3) is 0.238. The van der Waals surface area contributed by atoms with Crippen molar-refractivity contribution in [3.63, 3.8) is 0 Å². The largest absolute Gasteiger partial charge is 0.497 e. The number of carboxylic acid groups (broad SMARTS) is 1. The van der Waals surface area contributed by atoms with Crippen molar-refractivity contribution in [2.45, 2.75) is 24.9 Å². The summed E-state index contributed by atoms with van der Waals surface area (Å²) in [7, 11) is -2.82. The number of rotatable bonds is 8. The van der Waals surface area contributed by atoms with E-state index in [0.29, 0.717) is 16.7 Å². The van der Waals surface area contributed by atoms with Gasteiger partial charge in [0.15, 0.2) is 0 Å². The van der Waals surface area contributed by atoms with Gasteiger partial charge < -0.3 is 14.4 Å². The number of nitrogens with one attached hydrogen (secondary N) is 1. The number of methoxy groups -OCH3 is 1. The average Bonchev–Trinajstić information content (AvgIpc) is 3.09. The fourth-order valence-corrected chi connectivity index (χ4v) is 4.34. The number of amides is 1. The number of hydrogen-bond acceptors (Lipinski definition) is 5. The molecule has 0 bridgehead atoms. The molecule has 2 aromatic carbocycles. The Balaban J connectivity index is 1.86. The highest BCUT2D eigenvalue weighted by molar-refractivity contribution is 7.89. The van der Waals surface area contributed by atoms with Crippen LogP contribution in [0, 0.1) is 0 Å². The molecule has 0 aliphatic heterocycles. The number of aryl methyl sites for hydroxylation is 1. The number of benzene rings is 2. The quantitative estimate of drug-likeness (QED) is 0.507. The summed E-state index contributed by atoms with van der Waals surface area (Å²) in [6, 6.07) is 9.79. The zero-order chi connectivity index (χ0) is 24.4. The molecule has 1 aromatic heterocycles. The Hall–Kier alpha value is -3.54. The van der Waals surface area contributed by atoms with Crippen LogP contribution >= 0.6 is 0 Å². The molecule has 2 N–H and O–H groups in total. The Morgan fingerprint density at radius 1 is 1.09 bits per heavy atom. The second kappa shape index (κ2) is 9.14. The molecule has 0 atom stereocenters. The third kappa shape index (κ3) is 5.83. The first-order chi connectivity index (χ1) is 15.4. The van der Waals surface area contributed by atoms with Gasteiger partial charge >= 0.3 is 12.1 Å². The molecular weight excluding hydrogens is 465 g/mol. The average molecular weight is 484 g/mol. The molecule has 1 heterocycles. The summed E-state index contributed by atoms with van der Waals surface area (Å²) >= 11 is 0. The number of sulfonamides is 1. The normalized spacial score (nSPS) is 12.0. The van der Waals surface area contributed by atoms with Crippen molar-refractivity contribution in [2.75, 3.05) is 7.11 Å². The zero-order valence-electron chi connectivity index (χ0n) is 17.2. The monoisotopic (exact) mass is 484 g/mol. The van der Waals surface area contributed by atoms with Crippen molar-refractivity contribution in [3.8, 4) is 5.75 Å². The number of alkyl halides is 3. The maximum absolute atomic E-state index is 12.8. The van der Waals surface area contributed by atoms with Gasteiger partial charge in [-0.15, -0.1) is 0 Å². The summed E-state index contributed by atoms with van der Waals surface area (Å²) in [5.74, 6) is -2.34. The minimum absolute atomic E-state index is 0.0551. The van der Waals surface area contributed by atoms with Gasteiger partial charge in [0.1, 0.15) is 11.4 Å². The Morgan fingerprint density at radius 2 is 1.76 bits per heavy atom. The molecule has 0 saturated carbocycles. The van der Waals surface area contributed by atoms with E-state index in [9.17, 15) is 31.2 Å². The molecule has 3 rings (SSSR count). The van der Waals surface area contributed by atoms with Gasteiger partial charge in [0.25, 0.3) is 5.91 Å². The molecule has 1 amide bonds. The first-order valence-electron chi connectivity index (χ1n) is 9.49. The maximum atomic E-state index is 12.8. The van der Waals surface area contributed by atoms with E-state index >= 15 is 0 Å². The molecule has 0 saturated heterocycles. The van der Waals surface area contributed by atoms with Gasteiger partial charge in [0.05, 0.1) is 24.8 Å². The number of nitrogens with zero attached hydrogens (tertiary/aromatic N) is 1. The predicted molar refractivity (Wildman–Crippen MR) is 112 cm³/mol. The maximum Gasteiger partial charge on any atom is 0.416 e. The van der Waals surface area contributed by atoms with Crippen molar-refractivity contribution in [1.82, 2.24) is 9.29 Å². The van der Waals surface area contributed by atoms with Gasteiger partial charge in [-0.3, -0.25) is 9.59 Å². The number of aromatic nitrogens is 1. The summed E-state index contributed by atoms with van der Waals surface area (Å²) in [5.41, 5.74) is -0.455. The SMILES string of the molecule is COc1ccc2c(c1)cc(C(=O)NS(=O)(=O)Cc1ccc(C(F)(F)F)cc1)n2CCC(=O)O. The number of fused-ring (bicyclic) bond motifs is 1. The number of hydrogen-bond donors (Lipinski definition) is 2. The summed E-state index contributed by atoms with van der Waals surface area (Å²) < 4.78 is 71.4. The summed E-state index contributed by atoms with van der Waals surface area (Å²) in [5, 5.41) is 9.55. The Kier molecular flexibility index (Phi) is 6.68. The lowest BCUT2D eigenvalue weighted by Crippen LogP contribution is -2.33. The molecule has 12 heteroatoms. The third-order valence-electron chi connectivity index (χ3n) is 4.78. The van der Waals surface area contributed by atoms with Crippen LogP contribution < -0.4 is 9.46 Å². The van der Waals surface area contributed by atoms with Crippen molar-refractivity contribution in [2.24, 2.45) is 0 Å². The number of aliphatic carboxylic acids is 1. The lowest BCUT2D eigenvalue weighted by atomic mass is 10.1. The van der Waals surface area contributed by atoms with E-state index in [4.69, 9.17) is 9.84 Å². The molecular formula is C21H19F3N2O6S. The molecule has 0 aliphatic carbocycles. The first-order valence-corrected chi connectivity index (χ1v) is 11.1. The number of halogens is 3. The van der Waals surface area contributed by atoms with Crippen molar-refractivity contribution < 1.29 is 41.0 Å². The summed E-state index contributed by atoms with van der Waals surface area (Å²) in [6.07, 6.45) is -4.87. The molecule has 0 spiro atoms. The van der Waals surface area contributed by atoms with Gasteiger partial charge in [0, 0.05) is 17.4 Å². The second-order valence-corrected chi connectivity index (χ2v) is 8.86. The van der Waals surface area contributed by atoms with Crippen LogP contribution in [0.2, 0.25) is 0 Å². The summed E-state index contributed by atoms with van der Waals surface area (Å²) in [6.45, 7) is -0.0904. The van der Waals surface area contributed by atoms with Gasteiger partial charge in [-0.05, 0) is 42.0 Å². The van der Waals surface area contributed by atoms with Gasteiger partial charge in [0.2, 0.25) is 10.0 Å². The van der Waals surface area contributed by atoms with Gasteiger partial charge in [-0.2, -0.15) is 13.2 Å². The molecule has 0 aliphatic rings. The number of ether oxygens (including phenoxy) is 1. The molecule has 0 fully saturated rings. The molecule has 33 heavy (non-hydrogen) atoms. The minimum Gasteiger partial charge on any atom is -0.497 e. The van der Waals surface area contributed by atoms with Gasteiger partial charge in [-0.25, -0.2) is 13.1 Å². The van der Waals surface area contributed by atoms with E-state index in [1.165, 1.54) is 17.7 Å². The molecule has 3 aromatic rings. The molecule has 0 unspecified atom stereocenters. The topological polar surface area (TPSA) is 115 Å². The second-order valence-electron chi connectivity index (χ2n) is 7.13. The number of carbonyl (C=O) groups is 2. The highest BCUT2D eigenvalue weighted by Gasteiger charge is 2.30. The minimum atomic E-state index is -4.56. The summed E-state index contributed by atoms with van der Waals surface area (Å²) in [4.78, 5) is 23.8. The van der Waals surface area contributed by atoms with Gasteiger partial charge in [-0.1, -0.05) is 12.1 Å². The smallest absolute Gasteiger partial charge is 0.416 e. The first kappa shape index (κ1) is 24.1. The van der Waals surface area contributed by atoms with Crippen molar-refractivity contribution >= 4 is 32.8 Å². The van der Waals surface area contributed by atoms with Crippen LogP contribution in [0.25, 0.3) is 10.9 Å². The standard InChI is InChI=1S/C21H19F3N2O6S/c1-32-16-6-7-17-14(10-16)11-18(26(17)9-8-19(27)28)20(29)25-33(30,31)12-13-2-4-15(5-3-13)21(22,23)24/h2-7,10-11H,8-9,12H2,1H3,(H,25,29)(H,27,28). The third-order valence-corrected chi connectivity index (χ3v) is 5.99. The molecule has 0 radical (unpaired) electrons. The number of carboxylic acids is 1. The van der Waals surface area contributed by atoms with E-state index in [-0.39, 0.29) is 24.2 Å². The lowest BCUT2D eigenvalue weighted by Gasteiger charge is -2.11. The van der Waals surface area contributed by atoms with Crippen LogP contribution in [-0.2, 0) is 33.3 Å². The van der Waals surface area contributed by atoms with E-state index in [2.05, 4.69) is 0 Å². The van der Waals surface area contributed by atoms with Crippen LogP contribution in [0.3, 0.4) is 0 Å². The highest BCUT2D eigenvalue weighted by Crippen LogP contribution is 2.29. The van der Waals surface area contributed by atoms with Crippen molar-refractivity contribution in [3.05, 3.63) is 65.4 Å². The predicted octanol–water partition coefficient (Wildman–Crippen LogP) is 3.40. The van der Waals surface area contributed by atoms with E-state index in [1.807, 2.05) is 4.72 Å². The van der Waals surface area contributed by atoms with Crippen LogP contribution in [0.4, 0.5) is 13.2 Å². The van der Waals surface area contributed by atoms with Crippen LogP contribution in [0.1, 0.15) is 28.0 Å². The van der Waals surface area contributed by atoms with E-state index in [1.54, 1.807) is 18.2 Å². The fourth-order valence-electron chi connectivity index (χ4n) is 3.25. The van der Waals surface area contributed by atoms with Crippen LogP contribution in [0.15, 0.2) is 48.5 Å². The van der Waals surface area contributed by atoms with Crippen molar-refractivity contribution in [1.29, 1.82) is 0 Å². The Morgan fingerprint density at radius 3 is 2.33 bits per heavy atom. The van der Waals surface area contributed by atoms with Crippen LogP contribution in [0.5, 0.6) is 5.75 Å². The lowest BCUT2D eigenvalue weighted by molar-refractivity contribution is -0.138. The molecule has 8 nitrogen and oxygen atoms in total. The Labute approximate surface area is 186 Å². The van der Waals surface area contributed by atoms with Crippen LogP contribution in [-0.4, -0.2) is 37.1 Å². The Bertz CT molecular complexity index is 1300. The van der Waals surface area contributed by atoms with E-state index < -0.39 is 39.4 Å². The highest BCUT2D eigenvalue weighted by atomic mass is 32.2. The zero-order valence-corrected chi connectivity index (χ0v) is 18.0. The van der Waals surface area contributed by atoms with E-state index in [0.717, 1.165) is 24.3 Å². The molecule has 176 valence electrons. The number of carbonyl (C=O) groups excluding carboxylic acids is 1.